The van der Waals surface area contributed by atoms with Gasteiger partial charge in [-0.2, -0.15) is 4.31 Å². The summed E-state index contributed by atoms with van der Waals surface area (Å²) in [5.41, 5.74) is 1.91. The first-order valence-corrected chi connectivity index (χ1v) is 15.9. The lowest BCUT2D eigenvalue weighted by Gasteiger charge is -2.40. The highest BCUT2D eigenvalue weighted by molar-refractivity contribution is 7.89. The number of anilines is 1. The van der Waals surface area contributed by atoms with E-state index in [1.165, 1.54) is 40.7 Å². The van der Waals surface area contributed by atoms with Crippen molar-refractivity contribution < 1.29 is 26.4 Å². The summed E-state index contributed by atoms with van der Waals surface area (Å²) in [6.45, 7) is 2.74. The van der Waals surface area contributed by atoms with E-state index in [-0.39, 0.29) is 29.3 Å². The summed E-state index contributed by atoms with van der Waals surface area (Å²) in [6, 6.07) is 23.5. The van der Waals surface area contributed by atoms with Crippen LogP contribution in [0.4, 0.5) is 18.9 Å². The molecule has 1 fully saturated rings. The Morgan fingerprint density at radius 1 is 0.864 bits per heavy atom. The van der Waals surface area contributed by atoms with Gasteiger partial charge in [-0.05, 0) is 79.4 Å². The zero-order chi connectivity index (χ0) is 31.3. The van der Waals surface area contributed by atoms with Crippen molar-refractivity contribution in [2.24, 2.45) is 0 Å². The van der Waals surface area contributed by atoms with Crippen LogP contribution in [0.15, 0.2) is 102 Å². The van der Waals surface area contributed by atoms with Gasteiger partial charge in [0.1, 0.15) is 17.5 Å². The van der Waals surface area contributed by atoms with E-state index >= 15 is 4.39 Å². The van der Waals surface area contributed by atoms with Crippen LogP contribution in [0.2, 0.25) is 0 Å². The van der Waals surface area contributed by atoms with E-state index in [9.17, 15) is 22.0 Å². The molecule has 0 saturated carbocycles. The average molecular weight is 622 g/mol. The van der Waals surface area contributed by atoms with Gasteiger partial charge >= 0.3 is 0 Å². The fraction of sp³-hybridized carbons (Fsp3) is 0.265. The summed E-state index contributed by atoms with van der Waals surface area (Å²) in [4.78, 5) is 13.6. The van der Waals surface area contributed by atoms with Crippen LogP contribution in [-0.2, 0) is 21.2 Å². The van der Waals surface area contributed by atoms with Gasteiger partial charge < -0.3 is 10.6 Å². The largest absolute Gasteiger partial charge is 0.326 e. The number of hydrogen-bond donors (Lipinski definition) is 2. The molecule has 0 unspecified atom stereocenters. The minimum absolute atomic E-state index is 0.0552. The molecule has 2 atom stereocenters. The van der Waals surface area contributed by atoms with E-state index in [0.29, 0.717) is 36.3 Å². The highest BCUT2D eigenvalue weighted by Crippen LogP contribution is 2.31. The third-order valence-corrected chi connectivity index (χ3v) is 10.1. The molecule has 0 bridgehead atoms. The van der Waals surface area contributed by atoms with Crippen molar-refractivity contribution in [3.63, 3.8) is 0 Å². The summed E-state index contributed by atoms with van der Waals surface area (Å²) in [5.74, 6) is -2.25. The predicted molar refractivity (Wildman–Crippen MR) is 164 cm³/mol. The van der Waals surface area contributed by atoms with Crippen LogP contribution in [-0.4, -0.2) is 43.8 Å². The summed E-state index contributed by atoms with van der Waals surface area (Å²) < 4.78 is 71.2. The number of nitrogens with one attached hydrogen (secondary N) is 2. The van der Waals surface area contributed by atoms with Gasteiger partial charge in [-0.1, -0.05) is 48.5 Å². The molecule has 44 heavy (non-hydrogen) atoms. The lowest BCUT2D eigenvalue weighted by Crippen LogP contribution is -2.58. The van der Waals surface area contributed by atoms with Gasteiger partial charge in [-0.25, -0.2) is 21.6 Å². The molecule has 5 rings (SSSR count). The number of amides is 1. The minimum Gasteiger partial charge on any atom is -0.326 e. The molecule has 6 nitrogen and oxygen atoms in total. The smallest absolute Gasteiger partial charge is 0.243 e. The molecule has 4 aromatic rings. The number of hydrogen-bond acceptors (Lipinski definition) is 4. The van der Waals surface area contributed by atoms with Crippen molar-refractivity contribution in [2.45, 2.75) is 49.1 Å². The Morgan fingerprint density at radius 3 is 2.09 bits per heavy atom. The van der Waals surface area contributed by atoms with E-state index in [4.69, 9.17) is 0 Å². The zero-order valence-corrected chi connectivity index (χ0v) is 25.0. The predicted octanol–water partition coefficient (Wildman–Crippen LogP) is 6.25. The van der Waals surface area contributed by atoms with Gasteiger partial charge in [-0.15, -0.1) is 0 Å². The molecule has 0 aromatic heterocycles. The maximum atomic E-state index is 15.2. The molecule has 1 heterocycles. The van der Waals surface area contributed by atoms with Gasteiger partial charge in [0, 0.05) is 48.8 Å². The van der Waals surface area contributed by atoms with Crippen LogP contribution < -0.4 is 10.6 Å². The first kappa shape index (κ1) is 31.4. The van der Waals surface area contributed by atoms with Crippen LogP contribution in [0, 0.1) is 17.5 Å². The number of nitrogens with zero attached hydrogens (tertiary/aromatic N) is 1. The molecule has 1 saturated heterocycles. The fourth-order valence-corrected chi connectivity index (χ4v) is 7.69. The maximum absolute atomic E-state index is 15.2. The lowest BCUT2D eigenvalue weighted by atomic mass is 9.88. The summed E-state index contributed by atoms with van der Waals surface area (Å²) >= 11 is 0. The number of halogens is 3. The molecule has 1 aliphatic rings. The first-order valence-electron chi connectivity index (χ1n) is 14.5. The number of carbonyl (C=O) groups is 1. The molecule has 1 amide bonds. The molecule has 1 aliphatic heterocycles. The van der Waals surface area contributed by atoms with Crippen LogP contribution in [0.1, 0.15) is 42.4 Å². The van der Waals surface area contributed by atoms with Crippen molar-refractivity contribution in [3.05, 3.63) is 131 Å². The van der Waals surface area contributed by atoms with E-state index < -0.39 is 45.3 Å². The highest BCUT2D eigenvalue weighted by Gasteiger charge is 2.37. The fourth-order valence-electron chi connectivity index (χ4n) is 5.82. The van der Waals surface area contributed by atoms with Gasteiger partial charge in [0.05, 0.1) is 4.90 Å². The van der Waals surface area contributed by atoms with Crippen molar-refractivity contribution in [1.82, 2.24) is 9.62 Å². The lowest BCUT2D eigenvalue weighted by molar-refractivity contribution is -0.116. The SMILES string of the molecule is C[C@@H]1CNC[C@@H](CCc2c(F)cccc2NC(=O)CC(c2ccc(F)cc2)c2ccc(F)cc2)N1S(=O)(=O)c1ccccc1. The third-order valence-electron chi connectivity index (χ3n) is 7.99. The van der Waals surface area contributed by atoms with Crippen molar-refractivity contribution in [3.8, 4) is 0 Å². The van der Waals surface area contributed by atoms with Crippen LogP contribution in [0.25, 0.3) is 0 Å². The van der Waals surface area contributed by atoms with E-state index in [0.717, 1.165) is 0 Å². The molecule has 0 radical (unpaired) electrons. The number of rotatable bonds is 10. The van der Waals surface area contributed by atoms with E-state index in [1.807, 2.05) is 6.92 Å². The minimum atomic E-state index is -3.79. The van der Waals surface area contributed by atoms with Crippen molar-refractivity contribution in [2.75, 3.05) is 18.4 Å². The van der Waals surface area contributed by atoms with E-state index in [1.54, 1.807) is 60.7 Å². The Kier molecular flexibility index (Phi) is 9.83. The van der Waals surface area contributed by atoms with Crippen molar-refractivity contribution >= 4 is 21.6 Å². The van der Waals surface area contributed by atoms with Crippen molar-refractivity contribution in [1.29, 1.82) is 0 Å². The maximum Gasteiger partial charge on any atom is 0.243 e. The number of piperazine rings is 1. The molecule has 2 N–H and O–H groups in total. The van der Waals surface area contributed by atoms with Gasteiger partial charge in [0.15, 0.2) is 0 Å². The van der Waals surface area contributed by atoms with Gasteiger partial charge in [0.2, 0.25) is 15.9 Å². The molecular formula is C34H34F3N3O3S. The van der Waals surface area contributed by atoms with E-state index in [2.05, 4.69) is 10.6 Å². The Balaban J connectivity index is 1.35. The number of sulfonamides is 1. The monoisotopic (exact) mass is 621 g/mol. The van der Waals surface area contributed by atoms with Crippen LogP contribution >= 0.6 is 0 Å². The second-order valence-corrected chi connectivity index (χ2v) is 12.9. The molecule has 4 aromatic carbocycles. The highest BCUT2D eigenvalue weighted by atomic mass is 32.2. The van der Waals surface area contributed by atoms with Crippen LogP contribution in [0.5, 0.6) is 0 Å². The molecule has 10 heteroatoms. The third kappa shape index (κ3) is 7.20. The average Bonchev–Trinajstić information content (AvgIpc) is 3.01. The summed E-state index contributed by atoms with van der Waals surface area (Å²) in [6.07, 6.45) is 0.447. The summed E-state index contributed by atoms with van der Waals surface area (Å²) in [7, 11) is -3.79. The Labute approximate surface area is 256 Å². The Bertz CT molecular complexity index is 1640. The van der Waals surface area contributed by atoms with Crippen LogP contribution in [0.3, 0.4) is 0 Å². The molecule has 0 aliphatic carbocycles. The van der Waals surface area contributed by atoms with Gasteiger partial charge in [-0.3, -0.25) is 4.79 Å². The zero-order valence-electron chi connectivity index (χ0n) is 24.2. The topological polar surface area (TPSA) is 78.5 Å². The number of benzene rings is 4. The normalized spacial score (nSPS) is 17.5. The first-order chi connectivity index (χ1) is 21.1. The second kappa shape index (κ2) is 13.8. The van der Waals surface area contributed by atoms with Gasteiger partial charge in [0.25, 0.3) is 0 Å². The summed E-state index contributed by atoms with van der Waals surface area (Å²) in [5, 5.41) is 6.11. The molecule has 0 spiro atoms. The number of carbonyl (C=O) groups excluding carboxylic acids is 1. The Hall–Kier alpha value is -3.99. The molecular weight excluding hydrogens is 587 g/mol. The standard InChI is InChI=1S/C34H34F3N3O3S/c1-23-21-38-22-28(40(23)44(42,43)29-6-3-2-4-7-29)18-19-30-32(37)8-5-9-33(30)39-34(41)20-31(24-10-14-26(35)15-11-24)25-12-16-27(36)17-13-25/h2-17,23,28,31,38H,18-22H2,1H3,(H,39,41)/t23-,28-/m1/s1. The molecule has 230 valence electrons. The Morgan fingerprint density at radius 2 is 1.48 bits per heavy atom. The second-order valence-electron chi connectivity index (χ2n) is 11.0. The quantitative estimate of drug-likeness (QED) is 0.220.